The van der Waals surface area contributed by atoms with Crippen LogP contribution in [0.4, 0.5) is 14.5 Å². The fourth-order valence-electron chi connectivity index (χ4n) is 1.43. The van der Waals surface area contributed by atoms with Crippen molar-refractivity contribution in [3.8, 4) is 0 Å². The van der Waals surface area contributed by atoms with Crippen LogP contribution in [0.2, 0.25) is 0 Å². The van der Waals surface area contributed by atoms with Crippen LogP contribution in [0.3, 0.4) is 0 Å². The third-order valence-electron chi connectivity index (χ3n) is 2.32. The molecular weight excluding hydrogens is 288 g/mol. The van der Waals surface area contributed by atoms with Crippen LogP contribution in [0.5, 0.6) is 0 Å². The minimum atomic E-state index is -0.310. The Kier molecular flexibility index (Phi) is 3.74. The highest BCUT2D eigenvalue weighted by atomic mass is 79.9. The second-order valence-corrected chi connectivity index (χ2v) is 4.52. The smallest absolute Gasteiger partial charge is 0.146 e. The summed E-state index contributed by atoms with van der Waals surface area (Å²) in [7, 11) is 0. The molecule has 17 heavy (non-hydrogen) atoms. The Morgan fingerprint density at radius 1 is 1.00 bits per heavy atom. The minimum Gasteiger partial charge on any atom is -0.379 e. The van der Waals surface area contributed by atoms with Crippen LogP contribution in [0.15, 0.2) is 46.9 Å². The van der Waals surface area contributed by atoms with Crippen molar-refractivity contribution >= 4 is 21.6 Å². The van der Waals surface area contributed by atoms with Crippen LogP contribution in [0, 0.1) is 11.6 Å². The Bertz CT molecular complexity index is 511. The summed E-state index contributed by atoms with van der Waals surface area (Å²) in [6.07, 6.45) is 0. The van der Waals surface area contributed by atoms with Gasteiger partial charge in [-0.05, 0) is 35.9 Å². The monoisotopic (exact) mass is 297 g/mol. The van der Waals surface area contributed by atoms with Crippen LogP contribution in [0.1, 0.15) is 5.56 Å². The van der Waals surface area contributed by atoms with Crippen molar-refractivity contribution in [2.75, 3.05) is 5.32 Å². The van der Waals surface area contributed by atoms with E-state index in [4.69, 9.17) is 0 Å². The molecule has 0 aliphatic carbocycles. The number of nitrogens with one attached hydrogen (secondary N) is 1. The van der Waals surface area contributed by atoms with Crippen molar-refractivity contribution in [2.24, 2.45) is 0 Å². The fraction of sp³-hybridized carbons (Fsp3) is 0.0769. The lowest BCUT2D eigenvalue weighted by Gasteiger charge is -2.08. The molecule has 0 bridgehead atoms. The zero-order valence-corrected chi connectivity index (χ0v) is 10.5. The third-order valence-corrected chi connectivity index (χ3v) is 2.82. The Balaban J connectivity index is 2.07. The SMILES string of the molecule is Fc1ccc(CNc2cc(Br)ccc2F)cc1. The number of anilines is 1. The molecule has 0 heterocycles. The van der Waals surface area contributed by atoms with Gasteiger partial charge < -0.3 is 5.32 Å². The molecule has 0 unspecified atom stereocenters. The van der Waals surface area contributed by atoms with Crippen LogP contribution < -0.4 is 5.32 Å². The second-order valence-electron chi connectivity index (χ2n) is 3.60. The highest BCUT2D eigenvalue weighted by Gasteiger charge is 2.02. The van der Waals surface area contributed by atoms with Gasteiger partial charge in [0, 0.05) is 11.0 Å². The first-order valence-corrected chi connectivity index (χ1v) is 5.88. The summed E-state index contributed by atoms with van der Waals surface area (Å²) in [4.78, 5) is 0. The molecule has 0 radical (unpaired) electrons. The molecule has 0 spiro atoms. The van der Waals surface area contributed by atoms with Gasteiger partial charge in [0.15, 0.2) is 0 Å². The maximum atomic E-state index is 13.4. The van der Waals surface area contributed by atoms with Gasteiger partial charge in [-0.3, -0.25) is 0 Å². The lowest BCUT2D eigenvalue weighted by molar-refractivity contribution is 0.626. The molecule has 2 rings (SSSR count). The molecule has 0 aromatic heterocycles. The quantitative estimate of drug-likeness (QED) is 0.889. The van der Waals surface area contributed by atoms with Gasteiger partial charge in [0.25, 0.3) is 0 Å². The average Bonchev–Trinajstić information content (AvgIpc) is 2.32. The predicted octanol–water partition coefficient (Wildman–Crippen LogP) is 4.34. The molecule has 0 atom stereocenters. The van der Waals surface area contributed by atoms with E-state index in [0.29, 0.717) is 12.2 Å². The lowest BCUT2D eigenvalue weighted by Crippen LogP contribution is -2.01. The maximum absolute atomic E-state index is 13.4. The van der Waals surface area contributed by atoms with Crippen molar-refractivity contribution in [2.45, 2.75) is 6.54 Å². The summed E-state index contributed by atoms with van der Waals surface area (Å²) in [6.45, 7) is 0.452. The molecule has 0 aliphatic rings. The predicted molar refractivity (Wildman–Crippen MR) is 67.8 cm³/mol. The van der Waals surface area contributed by atoms with E-state index in [1.165, 1.54) is 18.2 Å². The molecule has 2 aromatic carbocycles. The Labute approximate surface area is 107 Å². The first-order valence-electron chi connectivity index (χ1n) is 5.08. The van der Waals surface area contributed by atoms with Gasteiger partial charge in [0.05, 0.1) is 5.69 Å². The topological polar surface area (TPSA) is 12.0 Å². The molecule has 0 saturated heterocycles. The Morgan fingerprint density at radius 3 is 2.41 bits per heavy atom. The molecule has 0 fully saturated rings. The minimum absolute atomic E-state index is 0.276. The molecule has 2 aromatic rings. The maximum Gasteiger partial charge on any atom is 0.146 e. The van der Waals surface area contributed by atoms with Crippen molar-refractivity contribution in [3.05, 3.63) is 64.1 Å². The number of hydrogen-bond donors (Lipinski definition) is 1. The molecule has 4 heteroatoms. The first-order chi connectivity index (χ1) is 8.15. The highest BCUT2D eigenvalue weighted by Crippen LogP contribution is 2.20. The van der Waals surface area contributed by atoms with Crippen LogP contribution in [-0.4, -0.2) is 0 Å². The summed E-state index contributed by atoms with van der Waals surface area (Å²) in [5.41, 5.74) is 1.31. The summed E-state index contributed by atoms with van der Waals surface area (Å²) >= 11 is 3.28. The summed E-state index contributed by atoms with van der Waals surface area (Å²) in [5.74, 6) is -0.585. The van der Waals surface area contributed by atoms with E-state index in [-0.39, 0.29) is 11.6 Å². The molecule has 0 saturated carbocycles. The van der Waals surface area contributed by atoms with Gasteiger partial charge in [-0.1, -0.05) is 28.1 Å². The van der Waals surface area contributed by atoms with E-state index >= 15 is 0 Å². The van der Waals surface area contributed by atoms with E-state index in [1.54, 1.807) is 24.3 Å². The summed E-state index contributed by atoms with van der Waals surface area (Å²) in [5, 5.41) is 2.96. The standard InChI is InChI=1S/C13H10BrF2N/c14-10-3-6-12(16)13(7-10)17-8-9-1-4-11(15)5-2-9/h1-7,17H,8H2. The van der Waals surface area contributed by atoms with E-state index in [0.717, 1.165) is 10.0 Å². The number of rotatable bonds is 3. The molecular formula is C13H10BrF2N. The van der Waals surface area contributed by atoms with E-state index in [9.17, 15) is 8.78 Å². The first kappa shape index (κ1) is 12.0. The van der Waals surface area contributed by atoms with Crippen molar-refractivity contribution in [1.29, 1.82) is 0 Å². The molecule has 0 aliphatic heterocycles. The highest BCUT2D eigenvalue weighted by molar-refractivity contribution is 9.10. The molecule has 88 valence electrons. The largest absolute Gasteiger partial charge is 0.379 e. The van der Waals surface area contributed by atoms with Crippen molar-refractivity contribution in [1.82, 2.24) is 0 Å². The summed E-state index contributed by atoms with van der Waals surface area (Å²) in [6, 6.07) is 10.8. The molecule has 1 N–H and O–H groups in total. The lowest BCUT2D eigenvalue weighted by atomic mass is 10.2. The zero-order chi connectivity index (χ0) is 12.3. The second kappa shape index (κ2) is 5.27. The zero-order valence-electron chi connectivity index (χ0n) is 8.88. The van der Waals surface area contributed by atoms with Gasteiger partial charge in [0.2, 0.25) is 0 Å². The van der Waals surface area contributed by atoms with E-state index < -0.39 is 0 Å². The van der Waals surface area contributed by atoms with E-state index in [1.807, 2.05) is 0 Å². The number of halogens is 3. The summed E-state index contributed by atoms with van der Waals surface area (Å²) < 4.78 is 26.9. The number of hydrogen-bond acceptors (Lipinski definition) is 1. The fourth-order valence-corrected chi connectivity index (χ4v) is 1.79. The van der Waals surface area contributed by atoms with Crippen LogP contribution in [-0.2, 0) is 6.54 Å². The van der Waals surface area contributed by atoms with Crippen molar-refractivity contribution < 1.29 is 8.78 Å². The normalized spacial score (nSPS) is 10.3. The average molecular weight is 298 g/mol. The van der Waals surface area contributed by atoms with Gasteiger partial charge in [-0.2, -0.15) is 0 Å². The van der Waals surface area contributed by atoms with Crippen LogP contribution in [0.25, 0.3) is 0 Å². The Morgan fingerprint density at radius 2 is 1.71 bits per heavy atom. The van der Waals surface area contributed by atoms with Gasteiger partial charge in [-0.15, -0.1) is 0 Å². The molecule has 1 nitrogen and oxygen atoms in total. The van der Waals surface area contributed by atoms with Crippen LogP contribution >= 0.6 is 15.9 Å². The van der Waals surface area contributed by atoms with Gasteiger partial charge in [-0.25, -0.2) is 8.78 Å². The van der Waals surface area contributed by atoms with Crippen molar-refractivity contribution in [3.63, 3.8) is 0 Å². The number of benzene rings is 2. The third kappa shape index (κ3) is 3.27. The Hall–Kier alpha value is -1.42. The molecule has 0 amide bonds. The van der Waals surface area contributed by atoms with Gasteiger partial charge in [0.1, 0.15) is 11.6 Å². The van der Waals surface area contributed by atoms with Gasteiger partial charge >= 0.3 is 0 Å². The van der Waals surface area contributed by atoms with E-state index in [2.05, 4.69) is 21.2 Å².